The van der Waals surface area contributed by atoms with Crippen molar-refractivity contribution in [2.45, 2.75) is 12.8 Å². The number of carbonyl (C=O) groups excluding carboxylic acids is 1. The normalized spacial score (nSPS) is 13.6. The van der Waals surface area contributed by atoms with Crippen molar-refractivity contribution in [3.63, 3.8) is 0 Å². The molecule has 0 radical (unpaired) electrons. The third-order valence-corrected chi connectivity index (χ3v) is 2.99. The van der Waals surface area contributed by atoms with Crippen molar-refractivity contribution in [2.75, 3.05) is 13.4 Å². The third kappa shape index (κ3) is 2.14. The van der Waals surface area contributed by atoms with Crippen molar-refractivity contribution in [3.05, 3.63) is 22.2 Å². The Bertz CT molecular complexity index is 490. The second kappa shape index (κ2) is 4.72. The molecule has 1 aliphatic rings. The zero-order valence-electron chi connectivity index (χ0n) is 9.34. The van der Waals surface area contributed by atoms with Crippen LogP contribution in [0.4, 0.5) is 8.78 Å². The third-order valence-electron chi connectivity index (χ3n) is 2.33. The van der Waals surface area contributed by atoms with E-state index in [1.165, 1.54) is 13.0 Å². The van der Waals surface area contributed by atoms with Crippen molar-refractivity contribution in [1.82, 2.24) is 0 Å². The molecule has 0 amide bonds. The van der Waals surface area contributed by atoms with Crippen LogP contribution in [0.25, 0.3) is 0 Å². The number of hydrogen-bond acceptors (Lipinski definition) is 4. The average Bonchev–Trinajstić information content (AvgIpc) is 2.75. The van der Waals surface area contributed by atoms with Crippen LogP contribution in [-0.2, 0) is 15.5 Å². The van der Waals surface area contributed by atoms with Gasteiger partial charge in [-0.1, -0.05) is 15.9 Å². The Hall–Kier alpha value is -1.37. The summed E-state index contributed by atoms with van der Waals surface area (Å²) in [6, 6.07) is 2.41. The van der Waals surface area contributed by atoms with Crippen molar-refractivity contribution >= 4 is 21.9 Å². The maximum atomic E-state index is 13.9. The highest BCUT2D eigenvalue weighted by atomic mass is 79.9. The molecule has 2 rings (SSSR count). The highest BCUT2D eigenvalue weighted by Crippen LogP contribution is 2.43. The molecule has 0 saturated carbocycles. The second-order valence-electron chi connectivity index (χ2n) is 3.48. The Morgan fingerprint density at radius 1 is 1.44 bits per heavy atom. The van der Waals surface area contributed by atoms with E-state index < -0.39 is 17.5 Å². The van der Waals surface area contributed by atoms with Crippen molar-refractivity contribution in [3.8, 4) is 11.5 Å². The fraction of sp³-hybridized carbons (Fsp3) is 0.364. The summed E-state index contributed by atoms with van der Waals surface area (Å²) in [6.45, 7) is 1.31. The molecule has 0 aromatic heterocycles. The molecule has 0 unspecified atom stereocenters. The zero-order chi connectivity index (χ0) is 13.3. The van der Waals surface area contributed by atoms with Gasteiger partial charge in [0.25, 0.3) is 0 Å². The molecule has 0 fully saturated rings. The molecule has 1 aliphatic heterocycles. The summed E-state index contributed by atoms with van der Waals surface area (Å²) in [5.74, 6) is -4.80. The molecule has 7 heteroatoms. The van der Waals surface area contributed by atoms with Gasteiger partial charge < -0.3 is 14.2 Å². The van der Waals surface area contributed by atoms with Gasteiger partial charge in [-0.15, -0.1) is 0 Å². The number of benzene rings is 1. The van der Waals surface area contributed by atoms with E-state index in [4.69, 9.17) is 9.47 Å². The van der Waals surface area contributed by atoms with E-state index in [0.717, 1.165) is 6.07 Å². The van der Waals surface area contributed by atoms with E-state index in [9.17, 15) is 13.6 Å². The van der Waals surface area contributed by atoms with Crippen LogP contribution in [0.5, 0.6) is 11.5 Å². The van der Waals surface area contributed by atoms with Crippen LogP contribution in [-0.4, -0.2) is 19.4 Å². The largest absolute Gasteiger partial charge is 0.461 e. The molecule has 4 nitrogen and oxygen atoms in total. The van der Waals surface area contributed by atoms with Gasteiger partial charge in [0.15, 0.2) is 11.5 Å². The van der Waals surface area contributed by atoms with Gasteiger partial charge >= 0.3 is 11.9 Å². The van der Waals surface area contributed by atoms with Crippen LogP contribution in [0.3, 0.4) is 0 Å². The van der Waals surface area contributed by atoms with Crippen LogP contribution in [0.2, 0.25) is 0 Å². The molecule has 0 atom stereocenters. The predicted molar refractivity (Wildman–Crippen MR) is 60.8 cm³/mol. The first kappa shape index (κ1) is 13.1. The fourth-order valence-corrected chi connectivity index (χ4v) is 2.06. The average molecular weight is 323 g/mol. The van der Waals surface area contributed by atoms with Gasteiger partial charge in [-0.25, -0.2) is 4.79 Å². The molecular weight excluding hydrogens is 314 g/mol. The highest BCUT2D eigenvalue weighted by Gasteiger charge is 2.45. The molecule has 98 valence electrons. The van der Waals surface area contributed by atoms with Crippen LogP contribution in [0.1, 0.15) is 12.5 Å². The number of alkyl halides is 2. The lowest BCUT2D eigenvalue weighted by Crippen LogP contribution is -2.28. The molecule has 18 heavy (non-hydrogen) atoms. The summed E-state index contributed by atoms with van der Waals surface area (Å²) >= 11 is 2.98. The standard InChI is InChI=1S/C11H9BrF2O4/c1-2-16-10(15)11(13,14)6-3-8-9(4-7(6)12)18-5-17-8/h3-4H,2,5H2,1H3. The maximum absolute atomic E-state index is 13.9. The quantitative estimate of drug-likeness (QED) is 0.803. The Labute approximate surface area is 110 Å². The van der Waals surface area contributed by atoms with E-state index in [1.54, 1.807) is 0 Å². The highest BCUT2D eigenvalue weighted by molar-refractivity contribution is 9.10. The Kier molecular flexibility index (Phi) is 3.43. The summed E-state index contributed by atoms with van der Waals surface area (Å²) in [5, 5.41) is 0. The maximum Gasteiger partial charge on any atom is 0.382 e. The van der Waals surface area contributed by atoms with E-state index in [0.29, 0.717) is 5.75 Å². The smallest absolute Gasteiger partial charge is 0.382 e. The lowest BCUT2D eigenvalue weighted by molar-refractivity contribution is -0.173. The van der Waals surface area contributed by atoms with Crippen LogP contribution in [0, 0.1) is 0 Å². The number of carbonyl (C=O) groups is 1. The summed E-state index contributed by atoms with van der Waals surface area (Å²) < 4.78 is 42.2. The Morgan fingerprint density at radius 3 is 2.67 bits per heavy atom. The monoisotopic (exact) mass is 322 g/mol. The van der Waals surface area contributed by atoms with E-state index in [-0.39, 0.29) is 23.6 Å². The molecule has 1 aromatic rings. The first-order chi connectivity index (χ1) is 8.46. The summed E-state index contributed by atoms with van der Waals surface area (Å²) in [6.07, 6.45) is 0. The minimum Gasteiger partial charge on any atom is -0.461 e. The van der Waals surface area contributed by atoms with Gasteiger partial charge in [-0.3, -0.25) is 0 Å². The SMILES string of the molecule is CCOC(=O)C(F)(F)c1cc2c(cc1Br)OCO2. The molecular formula is C11H9BrF2O4. The van der Waals surface area contributed by atoms with Gasteiger partial charge in [0, 0.05) is 4.47 Å². The first-order valence-corrected chi connectivity index (χ1v) is 5.90. The van der Waals surface area contributed by atoms with E-state index in [1.807, 2.05) is 0 Å². The summed E-state index contributed by atoms with van der Waals surface area (Å²) in [4.78, 5) is 11.3. The van der Waals surface area contributed by atoms with Gasteiger partial charge in [0.2, 0.25) is 6.79 Å². The first-order valence-electron chi connectivity index (χ1n) is 5.11. The topological polar surface area (TPSA) is 44.8 Å². The van der Waals surface area contributed by atoms with Crippen LogP contribution >= 0.6 is 15.9 Å². The summed E-state index contributed by atoms with van der Waals surface area (Å²) in [7, 11) is 0. The van der Waals surface area contributed by atoms with Crippen molar-refractivity contribution < 1.29 is 27.8 Å². The zero-order valence-corrected chi connectivity index (χ0v) is 10.9. The summed E-state index contributed by atoms with van der Waals surface area (Å²) in [5.41, 5.74) is -0.509. The molecule has 1 heterocycles. The van der Waals surface area contributed by atoms with E-state index >= 15 is 0 Å². The number of rotatable bonds is 3. The number of hydrogen-bond donors (Lipinski definition) is 0. The van der Waals surface area contributed by atoms with Gasteiger partial charge in [0.05, 0.1) is 12.2 Å². The number of esters is 1. The van der Waals surface area contributed by atoms with Crippen LogP contribution in [0.15, 0.2) is 16.6 Å². The van der Waals surface area contributed by atoms with Gasteiger partial charge in [-0.2, -0.15) is 8.78 Å². The fourth-order valence-electron chi connectivity index (χ4n) is 1.49. The van der Waals surface area contributed by atoms with Crippen molar-refractivity contribution in [2.24, 2.45) is 0 Å². The predicted octanol–water partition coefficient (Wildman–Crippen LogP) is 2.83. The molecule has 0 bridgehead atoms. The molecule has 0 saturated heterocycles. The molecule has 0 N–H and O–H groups in total. The van der Waals surface area contributed by atoms with E-state index in [2.05, 4.69) is 20.7 Å². The van der Waals surface area contributed by atoms with Gasteiger partial charge in [0.1, 0.15) is 0 Å². The molecule has 0 aliphatic carbocycles. The van der Waals surface area contributed by atoms with Crippen LogP contribution < -0.4 is 9.47 Å². The van der Waals surface area contributed by atoms with Crippen molar-refractivity contribution in [1.29, 1.82) is 0 Å². The Balaban J connectivity index is 2.41. The molecule has 1 aromatic carbocycles. The second-order valence-corrected chi connectivity index (χ2v) is 4.33. The Morgan fingerprint density at radius 2 is 2.06 bits per heavy atom. The number of halogens is 3. The lowest BCUT2D eigenvalue weighted by Gasteiger charge is -2.16. The lowest BCUT2D eigenvalue weighted by atomic mass is 10.1. The number of ether oxygens (including phenoxy) is 3. The van der Waals surface area contributed by atoms with Gasteiger partial charge in [-0.05, 0) is 19.1 Å². The molecule has 0 spiro atoms. The minimum atomic E-state index is -3.74. The number of fused-ring (bicyclic) bond motifs is 1. The minimum absolute atomic E-state index is 0.0315.